The largest absolute Gasteiger partial charge is 0.365 e. The van der Waals surface area contributed by atoms with Crippen molar-refractivity contribution in [1.29, 1.82) is 0 Å². The maximum absolute atomic E-state index is 11.7. The van der Waals surface area contributed by atoms with Crippen molar-refractivity contribution in [1.82, 2.24) is 14.6 Å². The van der Waals surface area contributed by atoms with Crippen molar-refractivity contribution in [2.75, 3.05) is 6.26 Å². The van der Waals surface area contributed by atoms with Crippen LogP contribution in [0, 0.1) is 6.33 Å². The Morgan fingerprint density at radius 3 is 2.73 bits per heavy atom. The third-order valence-corrected chi connectivity index (χ3v) is 4.30. The molecule has 1 amide bonds. The molecule has 7 nitrogen and oxygen atoms in total. The fraction of sp³-hybridized carbons (Fsp3) is 0.0714. The van der Waals surface area contributed by atoms with E-state index in [4.69, 9.17) is 5.73 Å². The first-order chi connectivity index (χ1) is 10.4. The van der Waals surface area contributed by atoms with Crippen LogP contribution in [-0.4, -0.2) is 35.2 Å². The summed E-state index contributed by atoms with van der Waals surface area (Å²) in [6.45, 7) is 0. The molecule has 0 fully saturated rings. The highest BCUT2D eigenvalue weighted by atomic mass is 32.2. The van der Waals surface area contributed by atoms with Gasteiger partial charge < -0.3 is 5.73 Å². The number of benzene rings is 1. The van der Waals surface area contributed by atoms with Gasteiger partial charge in [-0.3, -0.25) is 4.79 Å². The van der Waals surface area contributed by atoms with Crippen LogP contribution in [0.4, 0.5) is 0 Å². The van der Waals surface area contributed by atoms with Gasteiger partial charge >= 0.3 is 0 Å². The summed E-state index contributed by atoms with van der Waals surface area (Å²) in [4.78, 5) is 15.6. The van der Waals surface area contributed by atoms with Crippen LogP contribution in [0.5, 0.6) is 0 Å². The molecule has 0 saturated heterocycles. The van der Waals surface area contributed by atoms with E-state index in [0.29, 0.717) is 16.8 Å². The number of pyridine rings is 1. The Morgan fingerprint density at radius 2 is 2.05 bits per heavy atom. The van der Waals surface area contributed by atoms with E-state index in [0.717, 1.165) is 6.26 Å². The topological polar surface area (TPSA) is 107 Å². The number of amides is 1. The van der Waals surface area contributed by atoms with E-state index in [1.807, 2.05) is 0 Å². The first-order valence-corrected chi connectivity index (χ1v) is 8.12. The van der Waals surface area contributed by atoms with Crippen molar-refractivity contribution in [2.24, 2.45) is 5.73 Å². The van der Waals surface area contributed by atoms with Gasteiger partial charge in [-0.15, -0.1) is 5.10 Å². The van der Waals surface area contributed by atoms with Crippen LogP contribution in [0.3, 0.4) is 0 Å². The van der Waals surface area contributed by atoms with Gasteiger partial charge in [-0.25, -0.2) is 17.9 Å². The van der Waals surface area contributed by atoms with E-state index in [9.17, 15) is 13.2 Å². The van der Waals surface area contributed by atoms with Crippen molar-refractivity contribution in [3.63, 3.8) is 0 Å². The first kappa shape index (κ1) is 14.2. The van der Waals surface area contributed by atoms with Crippen LogP contribution in [0.2, 0.25) is 0 Å². The maximum atomic E-state index is 11.7. The normalized spacial score (nSPS) is 11.7. The molecule has 0 atom stereocenters. The molecule has 111 valence electrons. The molecular weight excluding hydrogens is 304 g/mol. The highest BCUT2D eigenvalue weighted by Crippen LogP contribution is 2.24. The lowest BCUT2D eigenvalue weighted by Crippen LogP contribution is -2.13. The molecule has 2 N–H and O–H groups in total. The average Bonchev–Trinajstić information content (AvgIpc) is 2.93. The van der Waals surface area contributed by atoms with E-state index >= 15 is 0 Å². The lowest BCUT2D eigenvalue weighted by Gasteiger charge is -2.07. The first-order valence-electron chi connectivity index (χ1n) is 6.23. The SMILES string of the molecule is CS(=O)(=O)c1cccc(-c2cc(C(N)=O)c3n[c]nn3c2)c1. The summed E-state index contributed by atoms with van der Waals surface area (Å²) in [6.07, 6.45) is 5.17. The number of rotatable bonds is 3. The molecule has 0 unspecified atom stereocenters. The van der Waals surface area contributed by atoms with E-state index in [2.05, 4.69) is 16.4 Å². The second-order valence-corrected chi connectivity index (χ2v) is 6.80. The van der Waals surface area contributed by atoms with Crippen LogP contribution in [0.25, 0.3) is 16.8 Å². The van der Waals surface area contributed by atoms with Crippen LogP contribution in [0.15, 0.2) is 41.4 Å². The molecule has 2 heterocycles. The predicted octanol–water partition coefficient (Wildman–Crippen LogP) is 0.699. The Hall–Kier alpha value is -2.74. The molecule has 22 heavy (non-hydrogen) atoms. The molecule has 0 saturated carbocycles. The second kappa shape index (κ2) is 4.92. The zero-order valence-corrected chi connectivity index (χ0v) is 12.3. The summed E-state index contributed by atoms with van der Waals surface area (Å²) in [5.74, 6) is -0.646. The monoisotopic (exact) mass is 315 g/mol. The third kappa shape index (κ3) is 2.44. The Labute approximate surface area is 126 Å². The van der Waals surface area contributed by atoms with Gasteiger partial charge in [-0.1, -0.05) is 12.1 Å². The smallest absolute Gasteiger partial charge is 0.252 e. The number of sulfone groups is 1. The third-order valence-electron chi connectivity index (χ3n) is 3.19. The van der Waals surface area contributed by atoms with Crippen molar-refractivity contribution < 1.29 is 13.2 Å². The number of fused-ring (bicyclic) bond motifs is 1. The molecule has 0 spiro atoms. The van der Waals surface area contributed by atoms with Crippen LogP contribution >= 0.6 is 0 Å². The Morgan fingerprint density at radius 1 is 1.27 bits per heavy atom. The molecule has 0 bridgehead atoms. The molecule has 3 rings (SSSR count). The van der Waals surface area contributed by atoms with Gasteiger partial charge in [0.25, 0.3) is 5.91 Å². The van der Waals surface area contributed by atoms with Crippen LogP contribution < -0.4 is 5.73 Å². The standard InChI is InChI=1S/C14H11N4O3S/c1-22(20,21)11-4-2-3-9(5-11)10-6-12(13(15)19)14-16-8-17-18(14)7-10/h2-7H,1H3,(H2,15,19). The highest BCUT2D eigenvalue weighted by molar-refractivity contribution is 7.90. The minimum absolute atomic E-state index is 0.191. The fourth-order valence-electron chi connectivity index (χ4n) is 2.12. The maximum Gasteiger partial charge on any atom is 0.252 e. The Bertz CT molecular complexity index is 992. The van der Waals surface area contributed by atoms with Gasteiger partial charge in [0.2, 0.25) is 6.33 Å². The Balaban J connectivity index is 2.25. The zero-order valence-electron chi connectivity index (χ0n) is 11.5. The summed E-state index contributed by atoms with van der Waals surface area (Å²) in [6, 6.07) is 7.97. The number of nitrogens with two attached hydrogens (primary N) is 1. The molecule has 1 aromatic carbocycles. The molecule has 2 aromatic heterocycles. The zero-order chi connectivity index (χ0) is 15.9. The fourth-order valence-corrected chi connectivity index (χ4v) is 2.79. The van der Waals surface area contributed by atoms with Gasteiger partial charge in [-0.2, -0.15) is 0 Å². The summed E-state index contributed by atoms with van der Waals surface area (Å²) in [5.41, 5.74) is 7.08. The van der Waals surface area contributed by atoms with Crippen LogP contribution in [0.1, 0.15) is 10.4 Å². The Kier molecular flexibility index (Phi) is 3.18. The van der Waals surface area contributed by atoms with E-state index in [-0.39, 0.29) is 10.5 Å². The molecule has 0 aliphatic carbocycles. The van der Waals surface area contributed by atoms with E-state index in [1.165, 1.54) is 16.6 Å². The summed E-state index contributed by atoms with van der Waals surface area (Å²) < 4.78 is 24.7. The highest BCUT2D eigenvalue weighted by Gasteiger charge is 2.14. The lowest BCUT2D eigenvalue weighted by atomic mass is 10.1. The second-order valence-electron chi connectivity index (χ2n) is 4.79. The van der Waals surface area contributed by atoms with Gasteiger partial charge in [-0.05, 0) is 23.8 Å². The quantitative estimate of drug-likeness (QED) is 0.765. The van der Waals surface area contributed by atoms with Crippen molar-refractivity contribution in [3.8, 4) is 11.1 Å². The number of hydrogen-bond donors (Lipinski definition) is 1. The van der Waals surface area contributed by atoms with Gasteiger partial charge in [0, 0.05) is 18.0 Å². The number of carbonyl (C=O) groups is 1. The molecule has 1 radical (unpaired) electrons. The number of hydrogen-bond acceptors (Lipinski definition) is 5. The van der Waals surface area contributed by atoms with Crippen molar-refractivity contribution >= 4 is 21.4 Å². The van der Waals surface area contributed by atoms with Crippen LogP contribution in [-0.2, 0) is 9.84 Å². The minimum atomic E-state index is -3.32. The van der Waals surface area contributed by atoms with Crippen molar-refractivity contribution in [3.05, 3.63) is 48.4 Å². The van der Waals surface area contributed by atoms with Gasteiger partial charge in [0.1, 0.15) is 0 Å². The number of carbonyl (C=O) groups excluding carboxylic acids is 1. The summed E-state index contributed by atoms with van der Waals surface area (Å²) >= 11 is 0. The van der Waals surface area contributed by atoms with Gasteiger partial charge in [0.15, 0.2) is 15.5 Å². The molecule has 3 aromatic rings. The minimum Gasteiger partial charge on any atom is -0.365 e. The number of aromatic nitrogens is 3. The molecule has 0 aliphatic heterocycles. The predicted molar refractivity (Wildman–Crippen MR) is 78.9 cm³/mol. The molecule has 8 heteroatoms. The number of nitrogens with zero attached hydrogens (tertiary/aromatic N) is 3. The van der Waals surface area contributed by atoms with E-state index in [1.54, 1.807) is 24.4 Å². The van der Waals surface area contributed by atoms with E-state index < -0.39 is 15.7 Å². The number of primary amides is 1. The van der Waals surface area contributed by atoms with Crippen molar-refractivity contribution in [2.45, 2.75) is 4.90 Å². The molecular formula is C14H11N4O3S. The molecule has 0 aliphatic rings. The lowest BCUT2D eigenvalue weighted by molar-refractivity contribution is 0.100. The summed E-state index contributed by atoms with van der Waals surface area (Å²) in [5, 5.41) is 3.87. The van der Waals surface area contributed by atoms with Gasteiger partial charge in [0.05, 0.1) is 10.5 Å². The average molecular weight is 315 g/mol. The summed E-state index contributed by atoms with van der Waals surface area (Å²) in [7, 11) is -3.32.